The minimum Gasteiger partial charge on any atom is -0.488 e. The number of hydrogen-bond acceptors (Lipinski definition) is 3. The number of benzene rings is 2. The Kier molecular flexibility index (Phi) is 3.27. The van der Waals surface area contributed by atoms with Crippen molar-refractivity contribution in [2.45, 2.75) is 0 Å². The summed E-state index contributed by atoms with van der Waals surface area (Å²) in [6.45, 7) is 0.265. The lowest BCUT2D eigenvalue weighted by Gasteiger charge is -2.17. The molecule has 0 bridgehead atoms. The highest BCUT2D eigenvalue weighted by Crippen LogP contribution is 2.27. The number of pyridine rings is 1. The van der Waals surface area contributed by atoms with E-state index in [4.69, 9.17) is 4.74 Å². The zero-order chi connectivity index (χ0) is 15.6. The molecule has 1 amide bonds. The van der Waals surface area contributed by atoms with Crippen molar-refractivity contribution in [1.29, 1.82) is 0 Å². The fraction of sp³-hybridized carbons (Fsp3) is 0.0526. The molecule has 112 valence electrons. The largest absolute Gasteiger partial charge is 0.488 e. The Morgan fingerprint density at radius 3 is 2.87 bits per heavy atom. The summed E-state index contributed by atoms with van der Waals surface area (Å²) in [5.41, 5.74) is 2.99. The summed E-state index contributed by atoms with van der Waals surface area (Å²) in [6.07, 6.45) is 3.59. The molecule has 4 heteroatoms. The van der Waals surface area contributed by atoms with E-state index in [0.717, 1.165) is 22.2 Å². The van der Waals surface area contributed by atoms with Crippen LogP contribution in [0.15, 0.2) is 66.4 Å². The van der Waals surface area contributed by atoms with E-state index in [1.54, 1.807) is 6.20 Å². The highest BCUT2D eigenvalue weighted by Gasteiger charge is 2.17. The zero-order valence-electron chi connectivity index (χ0n) is 12.3. The van der Waals surface area contributed by atoms with E-state index in [-0.39, 0.29) is 12.5 Å². The van der Waals surface area contributed by atoms with Gasteiger partial charge >= 0.3 is 0 Å². The fourth-order valence-corrected chi connectivity index (χ4v) is 2.65. The lowest BCUT2D eigenvalue weighted by molar-refractivity contribution is -0.113. The maximum atomic E-state index is 12.5. The van der Waals surface area contributed by atoms with Gasteiger partial charge in [-0.1, -0.05) is 36.4 Å². The van der Waals surface area contributed by atoms with Crippen molar-refractivity contribution in [3.05, 3.63) is 71.9 Å². The number of ether oxygens (including phenoxy) is 1. The number of anilines is 1. The Balaban J connectivity index is 1.65. The smallest absolute Gasteiger partial charge is 0.255 e. The Morgan fingerprint density at radius 1 is 1.04 bits per heavy atom. The number of rotatable bonds is 2. The Labute approximate surface area is 133 Å². The predicted octanol–water partition coefficient (Wildman–Crippen LogP) is 3.65. The van der Waals surface area contributed by atoms with Gasteiger partial charge in [-0.25, -0.2) is 0 Å². The van der Waals surface area contributed by atoms with E-state index < -0.39 is 0 Å². The number of nitrogens with one attached hydrogen (secondary N) is 1. The molecule has 0 fully saturated rings. The molecule has 1 aliphatic heterocycles. The third-order valence-electron chi connectivity index (χ3n) is 3.80. The molecule has 0 saturated carbocycles. The van der Waals surface area contributed by atoms with E-state index in [1.165, 1.54) is 0 Å². The molecule has 0 saturated heterocycles. The van der Waals surface area contributed by atoms with Gasteiger partial charge in [0.05, 0.1) is 16.8 Å². The number of fused-ring (bicyclic) bond motifs is 2. The molecule has 0 aliphatic carbocycles. The van der Waals surface area contributed by atoms with Crippen molar-refractivity contribution < 1.29 is 9.53 Å². The van der Waals surface area contributed by atoms with Crippen LogP contribution in [0.2, 0.25) is 0 Å². The second kappa shape index (κ2) is 5.57. The lowest BCUT2D eigenvalue weighted by Crippen LogP contribution is -2.21. The zero-order valence-corrected chi connectivity index (χ0v) is 12.3. The van der Waals surface area contributed by atoms with E-state index in [1.807, 2.05) is 60.7 Å². The number of amides is 1. The molecular formula is C19H14N2O2. The van der Waals surface area contributed by atoms with Crippen LogP contribution in [0.3, 0.4) is 0 Å². The van der Waals surface area contributed by atoms with Crippen LogP contribution in [0.4, 0.5) is 5.69 Å². The molecule has 2 aromatic carbocycles. The maximum Gasteiger partial charge on any atom is 0.255 e. The van der Waals surface area contributed by atoms with E-state index in [0.29, 0.717) is 11.3 Å². The molecule has 1 aliphatic rings. The number of hydrogen-bond donors (Lipinski definition) is 1. The predicted molar refractivity (Wildman–Crippen MR) is 90.3 cm³/mol. The van der Waals surface area contributed by atoms with Crippen molar-refractivity contribution >= 4 is 28.6 Å². The third kappa shape index (κ3) is 2.55. The summed E-state index contributed by atoms with van der Waals surface area (Å²) in [6, 6.07) is 17.2. The van der Waals surface area contributed by atoms with Gasteiger partial charge in [0.2, 0.25) is 0 Å². The number of aromatic nitrogens is 1. The van der Waals surface area contributed by atoms with Gasteiger partial charge in [0.15, 0.2) is 0 Å². The number of nitrogens with zero attached hydrogens (tertiary/aromatic N) is 1. The molecule has 1 aromatic heterocycles. The van der Waals surface area contributed by atoms with Gasteiger partial charge in [0, 0.05) is 17.1 Å². The van der Waals surface area contributed by atoms with Crippen LogP contribution in [0.1, 0.15) is 5.56 Å². The number of para-hydroxylation sites is 2. The molecular weight excluding hydrogens is 288 g/mol. The highest BCUT2D eigenvalue weighted by molar-refractivity contribution is 6.10. The second-order valence-electron chi connectivity index (χ2n) is 5.33. The molecule has 2 heterocycles. The average Bonchev–Trinajstić information content (AvgIpc) is 2.61. The molecule has 4 rings (SSSR count). The molecule has 0 unspecified atom stereocenters. The van der Waals surface area contributed by atoms with Crippen LogP contribution in [0, 0.1) is 0 Å². The molecule has 0 atom stereocenters. The van der Waals surface area contributed by atoms with Gasteiger partial charge in [-0.2, -0.15) is 0 Å². The van der Waals surface area contributed by atoms with Crippen LogP contribution >= 0.6 is 0 Å². The van der Waals surface area contributed by atoms with Gasteiger partial charge in [0.25, 0.3) is 5.91 Å². The highest BCUT2D eigenvalue weighted by atomic mass is 16.5. The van der Waals surface area contributed by atoms with Crippen LogP contribution in [0.25, 0.3) is 17.0 Å². The monoisotopic (exact) mass is 302 g/mol. The SMILES string of the molecule is O=C(Nc1cccc2cccnc12)C1=Cc2ccccc2OC1. The minimum atomic E-state index is -0.169. The average molecular weight is 302 g/mol. The first-order valence-corrected chi connectivity index (χ1v) is 7.39. The Morgan fingerprint density at radius 2 is 1.91 bits per heavy atom. The van der Waals surface area contributed by atoms with Crippen molar-refractivity contribution in [2.75, 3.05) is 11.9 Å². The molecule has 3 aromatic rings. The summed E-state index contributed by atoms with van der Waals surface area (Å²) in [7, 11) is 0. The first-order chi connectivity index (χ1) is 11.3. The van der Waals surface area contributed by atoms with Crippen LogP contribution in [-0.4, -0.2) is 17.5 Å². The molecule has 23 heavy (non-hydrogen) atoms. The fourth-order valence-electron chi connectivity index (χ4n) is 2.65. The Bertz CT molecular complexity index is 926. The molecule has 4 nitrogen and oxygen atoms in total. The first kappa shape index (κ1) is 13.5. The van der Waals surface area contributed by atoms with Crippen LogP contribution in [-0.2, 0) is 4.79 Å². The van der Waals surface area contributed by atoms with E-state index in [2.05, 4.69) is 10.3 Å². The summed E-state index contributed by atoms with van der Waals surface area (Å²) in [5.74, 6) is 0.633. The summed E-state index contributed by atoms with van der Waals surface area (Å²) in [4.78, 5) is 16.9. The summed E-state index contributed by atoms with van der Waals surface area (Å²) < 4.78 is 5.64. The van der Waals surface area contributed by atoms with Crippen molar-refractivity contribution in [3.8, 4) is 5.75 Å². The third-order valence-corrected chi connectivity index (χ3v) is 3.80. The maximum absolute atomic E-state index is 12.5. The van der Waals surface area contributed by atoms with Crippen molar-refractivity contribution in [3.63, 3.8) is 0 Å². The van der Waals surface area contributed by atoms with Crippen LogP contribution < -0.4 is 10.1 Å². The molecule has 1 N–H and O–H groups in total. The van der Waals surface area contributed by atoms with Crippen LogP contribution in [0.5, 0.6) is 5.75 Å². The van der Waals surface area contributed by atoms with Gasteiger partial charge in [0.1, 0.15) is 12.4 Å². The lowest BCUT2D eigenvalue weighted by atomic mass is 10.1. The first-order valence-electron chi connectivity index (χ1n) is 7.39. The van der Waals surface area contributed by atoms with Gasteiger partial charge in [-0.15, -0.1) is 0 Å². The van der Waals surface area contributed by atoms with Crippen molar-refractivity contribution in [1.82, 2.24) is 4.98 Å². The Hall–Kier alpha value is -3.14. The summed E-state index contributed by atoms with van der Waals surface area (Å²) >= 11 is 0. The molecule has 0 radical (unpaired) electrons. The summed E-state index contributed by atoms with van der Waals surface area (Å²) in [5, 5.41) is 3.93. The number of carbonyl (C=O) groups is 1. The van der Waals surface area contributed by atoms with Gasteiger partial charge in [-0.3, -0.25) is 9.78 Å². The second-order valence-corrected chi connectivity index (χ2v) is 5.33. The molecule has 0 spiro atoms. The normalized spacial score (nSPS) is 13.0. The standard InChI is InChI=1S/C19H14N2O2/c22-19(15-11-14-5-1-2-9-17(14)23-12-15)21-16-8-3-6-13-7-4-10-20-18(13)16/h1-11H,12H2,(H,21,22). The topological polar surface area (TPSA) is 51.2 Å². The van der Waals surface area contributed by atoms with E-state index >= 15 is 0 Å². The number of carbonyl (C=O) groups excluding carboxylic acids is 1. The quantitative estimate of drug-likeness (QED) is 0.786. The van der Waals surface area contributed by atoms with Gasteiger partial charge in [-0.05, 0) is 24.3 Å². The van der Waals surface area contributed by atoms with Crippen molar-refractivity contribution in [2.24, 2.45) is 0 Å². The minimum absolute atomic E-state index is 0.169. The van der Waals surface area contributed by atoms with E-state index in [9.17, 15) is 4.79 Å². The van der Waals surface area contributed by atoms with Gasteiger partial charge < -0.3 is 10.1 Å².